The third-order valence-electron chi connectivity index (χ3n) is 4.67. The highest BCUT2D eigenvalue weighted by Crippen LogP contribution is 2.40. The third-order valence-corrected chi connectivity index (χ3v) is 4.67. The van der Waals surface area contributed by atoms with Gasteiger partial charge in [0.15, 0.2) is 0 Å². The highest BCUT2D eigenvalue weighted by atomic mass is 14.6. The quantitative estimate of drug-likeness (QED) is 0.311. The van der Waals surface area contributed by atoms with Crippen LogP contribution in [0.25, 0.3) is 32.3 Å². The van der Waals surface area contributed by atoms with Crippen LogP contribution in [0, 0.1) is 0 Å². The summed E-state index contributed by atoms with van der Waals surface area (Å²) in [5, 5.41) is 7.71. The van der Waals surface area contributed by atoms with Crippen molar-refractivity contribution in [1.29, 1.82) is 0 Å². The first kappa shape index (κ1) is 14.1. The maximum atomic E-state index is 6.41. The molecule has 0 radical (unpaired) electrons. The van der Waals surface area contributed by atoms with E-state index in [0.29, 0.717) is 0 Å². The second-order valence-corrected chi connectivity index (χ2v) is 7.33. The van der Waals surface area contributed by atoms with E-state index in [4.69, 9.17) is 5.73 Å². The summed E-state index contributed by atoms with van der Waals surface area (Å²) in [5.74, 6) is 0. The Morgan fingerprint density at radius 2 is 1.22 bits per heavy atom. The van der Waals surface area contributed by atoms with Crippen molar-refractivity contribution in [2.45, 2.75) is 26.2 Å². The predicted octanol–water partition coefficient (Wildman–Crippen LogP) is 6.03. The van der Waals surface area contributed by atoms with E-state index in [-0.39, 0.29) is 5.41 Å². The van der Waals surface area contributed by atoms with E-state index in [1.165, 1.54) is 37.9 Å². The molecule has 0 aliphatic carbocycles. The first-order valence-electron chi connectivity index (χ1n) is 8.10. The van der Waals surface area contributed by atoms with Crippen LogP contribution in [-0.4, -0.2) is 0 Å². The van der Waals surface area contributed by atoms with Gasteiger partial charge < -0.3 is 5.73 Å². The summed E-state index contributed by atoms with van der Waals surface area (Å²) in [6.45, 7) is 6.71. The van der Waals surface area contributed by atoms with Gasteiger partial charge in [-0.1, -0.05) is 75.4 Å². The molecule has 0 aromatic heterocycles. The minimum absolute atomic E-state index is 0.00514. The number of benzene rings is 4. The topological polar surface area (TPSA) is 26.0 Å². The second kappa shape index (κ2) is 4.73. The number of rotatable bonds is 0. The Morgan fingerprint density at radius 3 is 1.91 bits per heavy atom. The van der Waals surface area contributed by atoms with Gasteiger partial charge in [-0.2, -0.15) is 0 Å². The van der Waals surface area contributed by atoms with Crippen LogP contribution >= 0.6 is 0 Å². The maximum Gasteiger partial charge on any atom is 0.0358 e. The first-order chi connectivity index (χ1) is 11.0. The van der Waals surface area contributed by atoms with Gasteiger partial charge >= 0.3 is 0 Å². The third kappa shape index (κ3) is 2.08. The van der Waals surface area contributed by atoms with Crippen LogP contribution in [0.4, 0.5) is 5.69 Å². The summed E-state index contributed by atoms with van der Waals surface area (Å²) in [6.07, 6.45) is 0. The van der Waals surface area contributed by atoms with Gasteiger partial charge in [0, 0.05) is 5.69 Å². The standard InChI is InChI=1S/C22H21N/c1-22(2,3)21-18(23)13-12-16-11-10-15-9-8-14-6-4-5-7-17(14)19(15)20(16)21/h4-13H,23H2,1-3H3. The smallest absolute Gasteiger partial charge is 0.0358 e. The van der Waals surface area contributed by atoms with Gasteiger partial charge in [-0.25, -0.2) is 0 Å². The van der Waals surface area contributed by atoms with Crippen LogP contribution in [0.15, 0.2) is 60.7 Å². The number of nitrogens with two attached hydrogens (primary N) is 1. The van der Waals surface area contributed by atoms with Gasteiger partial charge in [0.1, 0.15) is 0 Å². The molecule has 0 heterocycles. The Morgan fingerprint density at radius 1 is 0.652 bits per heavy atom. The van der Waals surface area contributed by atoms with Gasteiger partial charge in [-0.3, -0.25) is 0 Å². The summed E-state index contributed by atoms with van der Waals surface area (Å²) < 4.78 is 0. The molecule has 114 valence electrons. The van der Waals surface area contributed by atoms with Gasteiger partial charge in [-0.05, 0) is 49.4 Å². The molecule has 4 aromatic rings. The lowest BCUT2D eigenvalue weighted by molar-refractivity contribution is 0.598. The molecule has 0 aliphatic rings. The molecule has 1 heteroatoms. The molecule has 0 saturated carbocycles. The normalized spacial score (nSPS) is 12.3. The Labute approximate surface area is 136 Å². The first-order valence-corrected chi connectivity index (χ1v) is 8.10. The molecule has 0 saturated heterocycles. The van der Waals surface area contributed by atoms with E-state index in [9.17, 15) is 0 Å². The SMILES string of the molecule is CC(C)(C)c1c(N)ccc2ccc3ccc4ccccc4c3c12. The molecule has 1 nitrogen and oxygen atoms in total. The summed E-state index contributed by atoms with van der Waals surface area (Å²) in [5.41, 5.74) is 8.53. The zero-order valence-electron chi connectivity index (χ0n) is 13.9. The molecular weight excluding hydrogens is 278 g/mol. The van der Waals surface area contributed by atoms with Crippen LogP contribution in [0.3, 0.4) is 0 Å². The zero-order chi connectivity index (χ0) is 16.2. The minimum Gasteiger partial charge on any atom is -0.398 e. The molecular formula is C22H21N. The predicted molar refractivity (Wildman–Crippen MR) is 102 cm³/mol. The van der Waals surface area contributed by atoms with Gasteiger partial charge in [0.05, 0.1) is 0 Å². The lowest BCUT2D eigenvalue weighted by Gasteiger charge is -2.25. The Kier molecular flexibility index (Phi) is 2.89. The van der Waals surface area contributed by atoms with Crippen LogP contribution in [0.2, 0.25) is 0 Å². The average Bonchev–Trinajstić information content (AvgIpc) is 2.52. The fourth-order valence-corrected chi connectivity index (χ4v) is 3.74. The summed E-state index contributed by atoms with van der Waals surface area (Å²) in [7, 11) is 0. The van der Waals surface area contributed by atoms with Crippen molar-refractivity contribution in [3.05, 3.63) is 66.2 Å². The zero-order valence-corrected chi connectivity index (χ0v) is 13.9. The summed E-state index contributed by atoms with van der Waals surface area (Å²) in [6, 6.07) is 21.6. The van der Waals surface area contributed by atoms with Crippen molar-refractivity contribution in [2.75, 3.05) is 5.73 Å². The van der Waals surface area contributed by atoms with Crippen molar-refractivity contribution in [3.8, 4) is 0 Å². The largest absolute Gasteiger partial charge is 0.398 e. The highest BCUT2D eigenvalue weighted by Gasteiger charge is 2.21. The number of hydrogen-bond donors (Lipinski definition) is 1. The molecule has 0 amide bonds. The minimum atomic E-state index is -0.00514. The summed E-state index contributed by atoms with van der Waals surface area (Å²) >= 11 is 0. The van der Waals surface area contributed by atoms with Crippen LogP contribution in [0.5, 0.6) is 0 Å². The van der Waals surface area contributed by atoms with Crippen molar-refractivity contribution >= 4 is 38.0 Å². The molecule has 0 aliphatic heterocycles. The lowest BCUT2D eigenvalue weighted by Crippen LogP contribution is -2.14. The van der Waals surface area contributed by atoms with Gasteiger partial charge in [0.25, 0.3) is 0 Å². The Hall–Kier alpha value is -2.54. The van der Waals surface area contributed by atoms with Crippen molar-refractivity contribution in [1.82, 2.24) is 0 Å². The fraction of sp³-hybridized carbons (Fsp3) is 0.182. The molecule has 0 unspecified atom stereocenters. The van der Waals surface area contributed by atoms with Crippen LogP contribution in [-0.2, 0) is 5.41 Å². The van der Waals surface area contributed by atoms with Crippen LogP contribution < -0.4 is 5.73 Å². The van der Waals surface area contributed by atoms with E-state index in [2.05, 4.69) is 75.4 Å². The van der Waals surface area contributed by atoms with Crippen molar-refractivity contribution in [2.24, 2.45) is 0 Å². The average molecular weight is 299 g/mol. The molecule has 0 fully saturated rings. The number of hydrogen-bond acceptors (Lipinski definition) is 1. The van der Waals surface area contributed by atoms with E-state index >= 15 is 0 Å². The Balaban J connectivity index is 2.37. The van der Waals surface area contributed by atoms with Gasteiger partial charge in [-0.15, -0.1) is 0 Å². The maximum absolute atomic E-state index is 6.41. The molecule has 0 atom stereocenters. The van der Waals surface area contributed by atoms with E-state index < -0.39 is 0 Å². The molecule has 0 spiro atoms. The van der Waals surface area contributed by atoms with Crippen molar-refractivity contribution < 1.29 is 0 Å². The number of fused-ring (bicyclic) bond motifs is 5. The molecule has 4 rings (SSSR count). The second-order valence-electron chi connectivity index (χ2n) is 7.33. The highest BCUT2D eigenvalue weighted by molar-refractivity contribution is 6.22. The van der Waals surface area contributed by atoms with E-state index in [0.717, 1.165) is 5.69 Å². The number of nitrogen functional groups attached to an aromatic ring is 1. The van der Waals surface area contributed by atoms with E-state index in [1.807, 2.05) is 6.07 Å². The molecule has 23 heavy (non-hydrogen) atoms. The van der Waals surface area contributed by atoms with Crippen LogP contribution in [0.1, 0.15) is 26.3 Å². The molecule has 4 aromatic carbocycles. The van der Waals surface area contributed by atoms with Gasteiger partial charge in [0.2, 0.25) is 0 Å². The lowest BCUT2D eigenvalue weighted by atomic mass is 9.80. The molecule has 0 bridgehead atoms. The van der Waals surface area contributed by atoms with Crippen molar-refractivity contribution in [3.63, 3.8) is 0 Å². The fourth-order valence-electron chi connectivity index (χ4n) is 3.74. The summed E-state index contributed by atoms with van der Waals surface area (Å²) in [4.78, 5) is 0. The monoisotopic (exact) mass is 299 g/mol. The molecule has 2 N–H and O–H groups in total. The Bertz CT molecular complexity index is 1050. The number of anilines is 1. The van der Waals surface area contributed by atoms with E-state index in [1.54, 1.807) is 0 Å².